The Morgan fingerprint density at radius 3 is 2.63 bits per heavy atom. The molecule has 3 aliphatic carbocycles. The van der Waals surface area contributed by atoms with Crippen molar-refractivity contribution in [3.8, 4) is 0 Å². The van der Waals surface area contributed by atoms with Gasteiger partial charge >= 0.3 is 0 Å². The molecule has 0 N–H and O–H groups in total. The molecule has 6 rings (SSSR count). The second-order valence-corrected chi connectivity index (χ2v) is 15.6. The Balaban J connectivity index is 1.34. The highest BCUT2D eigenvalue weighted by Gasteiger charge is 2.41. The van der Waals surface area contributed by atoms with Crippen molar-refractivity contribution in [2.45, 2.75) is 98.3 Å². The van der Waals surface area contributed by atoms with Crippen molar-refractivity contribution < 1.29 is 0 Å². The first-order valence-corrected chi connectivity index (χ1v) is 19.2. The molecule has 1 aliphatic heterocycles. The van der Waals surface area contributed by atoms with Crippen LogP contribution in [-0.4, -0.2) is 18.8 Å². The zero-order chi connectivity index (χ0) is 34.6. The first-order valence-electron chi connectivity index (χ1n) is 18.8. The first-order chi connectivity index (χ1) is 23.7. The van der Waals surface area contributed by atoms with E-state index in [1.165, 1.54) is 56.4 Å². The smallest absolute Gasteiger partial charge is 0.0470 e. The SMILES string of the molecule is CCCCN=C(/C=C/C1=C(Cl)C(=C/C=C2/N(CCCC)c3ccc4ccccc4c3C2(C)C)/CCC1)C(C)(C)C1=CC=CC2CC=CC=C12. The van der Waals surface area contributed by atoms with Gasteiger partial charge in [0.15, 0.2) is 0 Å². The molecular weight excluding hydrogens is 616 g/mol. The average molecular weight is 671 g/mol. The Kier molecular flexibility index (Phi) is 10.8. The molecule has 0 amide bonds. The third-order valence-corrected chi connectivity index (χ3v) is 11.5. The number of rotatable bonds is 11. The summed E-state index contributed by atoms with van der Waals surface area (Å²) in [5.41, 5.74) is 10.2. The van der Waals surface area contributed by atoms with Crippen molar-refractivity contribution in [1.82, 2.24) is 0 Å². The van der Waals surface area contributed by atoms with Gasteiger partial charge < -0.3 is 4.90 Å². The van der Waals surface area contributed by atoms with Crippen molar-refractivity contribution >= 4 is 33.8 Å². The maximum absolute atomic E-state index is 7.30. The van der Waals surface area contributed by atoms with Gasteiger partial charge in [-0.3, -0.25) is 4.99 Å². The highest BCUT2D eigenvalue weighted by Crippen LogP contribution is 2.51. The third kappa shape index (κ3) is 7.04. The Morgan fingerprint density at radius 2 is 1.82 bits per heavy atom. The summed E-state index contributed by atoms with van der Waals surface area (Å²) in [5, 5.41) is 3.57. The standard InChI is InChI=1S/C46H55ClN2/c1-7-9-31-48-41(45(3,4)39-24-16-19-33-17-11-13-22-37(33)39)29-26-35-20-15-21-36(44(35)47)27-30-42-46(5,6)43-38-23-14-12-18-34(38)25-28-40(43)49(42)32-10-8-2/h11-14,16,18-19,22-30,33H,7-10,15,17,20-21,31-32H2,1-6H3/b29-26+,36-27+,42-30+,48-41?. The molecular formula is C46H55ClN2. The van der Waals surface area contributed by atoms with Gasteiger partial charge in [0.05, 0.1) is 0 Å². The summed E-state index contributed by atoms with van der Waals surface area (Å²) in [6.45, 7) is 15.8. The zero-order valence-electron chi connectivity index (χ0n) is 30.7. The number of halogens is 1. The Morgan fingerprint density at radius 1 is 1.00 bits per heavy atom. The van der Waals surface area contributed by atoms with Crippen LogP contribution in [0.15, 0.2) is 135 Å². The molecule has 0 saturated heterocycles. The minimum Gasteiger partial charge on any atom is -0.344 e. The summed E-state index contributed by atoms with van der Waals surface area (Å²) in [6.07, 6.45) is 31.6. The average Bonchev–Trinajstić information content (AvgIpc) is 3.33. The van der Waals surface area contributed by atoms with Crippen LogP contribution in [0.2, 0.25) is 0 Å². The van der Waals surface area contributed by atoms with Gasteiger partial charge in [-0.15, -0.1) is 0 Å². The Labute approximate surface area is 301 Å². The zero-order valence-corrected chi connectivity index (χ0v) is 31.4. The minimum absolute atomic E-state index is 0.115. The molecule has 0 spiro atoms. The molecule has 0 bridgehead atoms. The normalized spacial score (nSPS) is 22.4. The monoisotopic (exact) mass is 670 g/mol. The van der Waals surface area contributed by atoms with E-state index < -0.39 is 0 Å². The lowest BCUT2D eigenvalue weighted by Crippen LogP contribution is -2.29. The number of nitrogens with zero attached hydrogens (tertiary/aromatic N) is 2. The molecule has 1 atom stereocenters. The van der Waals surface area contributed by atoms with Crippen LogP contribution in [0.3, 0.4) is 0 Å². The molecule has 1 unspecified atom stereocenters. The van der Waals surface area contributed by atoms with Crippen LogP contribution in [0, 0.1) is 11.3 Å². The van der Waals surface area contributed by atoms with Crippen molar-refractivity contribution in [2.75, 3.05) is 18.0 Å². The number of benzene rings is 2. The highest BCUT2D eigenvalue weighted by atomic mass is 35.5. The lowest BCUT2D eigenvalue weighted by Gasteiger charge is -2.35. The van der Waals surface area contributed by atoms with Gasteiger partial charge in [-0.25, -0.2) is 0 Å². The van der Waals surface area contributed by atoms with E-state index in [0.29, 0.717) is 5.92 Å². The first kappa shape index (κ1) is 35.2. The molecule has 2 nitrogen and oxygen atoms in total. The molecule has 256 valence electrons. The van der Waals surface area contributed by atoms with E-state index in [1.54, 1.807) is 0 Å². The molecule has 0 aromatic heterocycles. The predicted octanol–water partition coefficient (Wildman–Crippen LogP) is 13.0. The van der Waals surface area contributed by atoms with Crippen molar-refractivity contribution in [2.24, 2.45) is 16.3 Å². The summed E-state index contributed by atoms with van der Waals surface area (Å²) < 4.78 is 0. The third-order valence-electron chi connectivity index (χ3n) is 11.1. The van der Waals surface area contributed by atoms with E-state index in [1.807, 2.05) is 0 Å². The molecule has 2 aromatic rings. The summed E-state index contributed by atoms with van der Waals surface area (Å²) in [4.78, 5) is 7.80. The lowest BCUT2D eigenvalue weighted by atomic mass is 9.69. The molecule has 3 heteroatoms. The van der Waals surface area contributed by atoms with Crippen LogP contribution in [0.5, 0.6) is 0 Å². The number of fused-ring (bicyclic) bond motifs is 4. The molecule has 1 heterocycles. The second kappa shape index (κ2) is 15.1. The van der Waals surface area contributed by atoms with Gasteiger partial charge in [0.1, 0.15) is 0 Å². The summed E-state index contributed by atoms with van der Waals surface area (Å²) in [6, 6.07) is 13.5. The molecule has 4 aliphatic rings. The van der Waals surface area contributed by atoms with Crippen molar-refractivity contribution in [1.29, 1.82) is 0 Å². The van der Waals surface area contributed by atoms with Crippen LogP contribution in [-0.2, 0) is 5.41 Å². The highest BCUT2D eigenvalue weighted by molar-refractivity contribution is 6.32. The molecule has 49 heavy (non-hydrogen) atoms. The topological polar surface area (TPSA) is 15.6 Å². The number of anilines is 1. The van der Waals surface area contributed by atoms with E-state index >= 15 is 0 Å². The number of allylic oxidation sites excluding steroid dienone is 16. The lowest BCUT2D eigenvalue weighted by molar-refractivity contribution is 0.600. The quantitative estimate of drug-likeness (QED) is 0.172. The maximum atomic E-state index is 7.30. The van der Waals surface area contributed by atoms with Gasteiger partial charge in [-0.2, -0.15) is 0 Å². The van der Waals surface area contributed by atoms with E-state index in [-0.39, 0.29) is 10.8 Å². The predicted molar refractivity (Wildman–Crippen MR) is 215 cm³/mol. The maximum Gasteiger partial charge on any atom is 0.0470 e. The molecule has 0 radical (unpaired) electrons. The van der Waals surface area contributed by atoms with E-state index in [9.17, 15) is 0 Å². The second-order valence-electron chi connectivity index (χ2n) is 15.2. The number of hydrogen-bond acceptors (Lipinski definition) is 2. The van der Waals surface area contributed by atoms with Crippen molar-refractivity contribution in [3.05, 3.63) is 136 Å². The largest absolute Gasteiger partial charge is 0.344 e. The van der Waals surface area contributed by atoms with Crippen LogP contribution >= 0.6 is 11.6 Å². The summed E-state index contributed by atoms with van der Waals surface area (Å²) in [5.74, 6) is 0.455. The number of hydrogen-bond donors (Lipinski definition) is 0. The number of unbranched alkanes of at least 4 members (excludes halogenated alkanes) is 2. The van der Waals surface area contributed by atoms with Crippen LogP contribution in [0.1, 0.15) is 98.5 Å². The van der Waals surface area contributed by atoms with Crippen molar-refractivity contribution in [3.63, 3.8) is 0 Å². The van der Waals surface area contributed by atoms with Crippen LogP contribution in [0.4, 0.5) is 5.69 Å². The Bertz CT molecular complexity index is 1850. The fourth-order valence-electron chi connectivity index (χ4n) is 8.18. The number of aliphatic imine (C=N–C) groups is 1. The van der Waals surface area contributed by atoms with E-state index in [2.05, 4.69) is 144 Å². The van der Waals surface area contributed by atoms with Gasteiger partial charge in [-0.1, -0.05) is 145 Å². The molecule has 2 aromatic carbocycles. The molecule has 0 saturated carbocycles. The van der Waals surface area contributed by atoms with Gasteiger partial charge in [0.25, 0.3) is 0 Å². The van der Waals surface area contributed by atoms with Crippen LogP contribution in [0.25, 0.3) is 10.8 Å². The van der Waals surface area contributed by atoms with Crippen LogP contribution < -0.4 is 4.90 Å². The van der Waals surface area contributed by atoms with Gasteiger partial charge in [0, 0.05) is 52.0 Å². The Hall–Kier alpha value is -3.62. The van der Waals surface area contributed by atoms with Gasteiger partial charge in [0.2, 0.25) is 0 Å². The fourth-order valence-corrected chi connectivity index (χ4v) is 8.50. The fraction of sp³-hybridized carbons (Fsp3) is 0.413. The summed E-state index contributed by atoms with van der Waals surface area (Å²) >= 11 is 7.30. The summed E-state index contributed by atoms with van der Waals surface area (Å²) in [7, 11) is 0. The van der Waals surface area contributed by atoms with E-state index in [4.69, 9.17) is 16.6 Å². The van der Waals surface area contributed by atoms with Gasteiger partial charge in [-0.05, 0) is 95.4 Å². The minimum atomic E-state index is -0.218. The van der Waals surface area contributed by atoms with E-state index in [0.717, 1.165) is 68.8 Å². The molecule has 0 fully saturated rings.